The molecule has 0 spiro atoms. The summed E-state index contributed by atoms with van der Waals surface area (Å²) in [6.45, 7) is 0. The molecule has 3 aromatic rings. The van der Waals surface area contributed by atoms with E-state index in [4.69, 9.17) is 9.47 Å². The van der Waals surface area contributed by atoms with Crippen LogP contribution in [0.15, 0.2) is 42.6 Å². The molecule has 0 bridgehead atoms. The van der Waals surface area contributed by atoms with Crippen molar-refractivity contribution < 1.29 is 47.3 Å². The van der Waals surface area contributed by atoms with Crippen LogP contribution in [0.1, 0.15) is 11.1 Å². The van der Waals surface area contributed by atoms with Crippen molar-refractivity contribution in [2.75, 3.05) is 14.2 Å². The Kier molecular flexibility index (Phi) is 6.08. The van der Waals surface area contributed by atoms with Gasteiger partial charge in [-0.15, -0.1) is 0 Å². The number of rotatable bonds is 4. The Bertz CT molecular complexity index is 884. The molecule has 1 heterocycles. The van der Waals surface area contributed by atoms with E-state index >= 15 is 0 Å². The number of ether oxygens (including phenoxy) is 2. The van der Waals surface area contributed by atoms with Crippen LogP contribution in [0.5, 0.6) is 17.2 Å². The molecule has 0 saturated heterocycles. The van der Waals surface area contributed by atoms with Gasteiger partial charge in [-0.2, -0.15) is 0 Å². The topological polar surface area (TPSA) is 43.6 Å². The number of methoxy groups -OCH3 is 2. The van der Waals surface area contributed by atoms with E-state index in [0.29, 0.717) is 11.5 Å². The van der Waals surface area contributed by atoms with Crippen molar-refractivity contribution in [3.05, 3.63) is 53.7 Å². The van der Waals surface area contributed by atoms with Crippen LogP contribution >= 0.6 is 0 Å². The summed E-state index contributed by atoms with van der Waals surface area (Å²) in [5.74, 6) is 0.908. The van der Waals surface area contributed by atoms with Gasteiger partial charge < -0.3 is 19.1 Å². The number of aromatic hydroxyl groups is 1. The summed E-state index contributed by atoms with van der Waals surface area (Å²) < 4.78 is 12.5. The maximum absolute atomic E-state index is 10.0. The first-order chi connectivity index (χ1) is 11.1. The number of phenolic OH excluding ortho intramolecular Hbond substituents is 1. The van der Waals surface area contributed by atoms with Crippen LogP contribution in [0.4, 0.5) is 0 Å². The molecular weight excluding hydrogens is 379 g/mol. The summed E-state index contributed by atoms with van der Waals surface area (Å²) >= 11 is 0. The third-order valence-electron chi connectivity index (χ3n) is 3.86. The van der Waals surface area contributed by atoms with Crippen molar-refractivity contribution in [2.24, 2.45) is 7.05 Å². The molecule has 0 unspecified atom stereocenters. The Balaban J connectivity index is 0.00000208. The number of benzene rings is 2. The molecule has 0 aliphatic carbocycles. The second-order valence-electron chi connectivity index (χ2n) is 5.35. The van der Waals surface area contributed by atoms with Gasteiger partial charge in [-0.25, -0.2) is 0 Å². The van der Waals surface area contributed by atoms with E-state index < -0.39 is 0 Å². The second-order valence-corrected chi connectivity index (χ2v) is 5.35. The van der Waals surface area contributed by atoms with Crippen molar-refractivity contribution >= 4 is 23.1 Å². The Morgan fingerprint density at radius 3 is 2.42 bits per heavy atom. The van der Waals surface area contributed by atoms with Crippen LogP contribution in [0.25, 0.3) is 23.1 Å². The first kappa shape index (κ1) is 18.6. The van der Waals surface area contributed by atoms with Crippen LogP contribution in [-0.4, -0.2) is 23.9 Å². The van der Waals surface area contributed by atoms with E-state index in [1.54, 1.807) is 13.2 Å². The molecule has 0 aliphatic heterocycles. The molecule has 0 amide bonds. The van der Waals surface area contributed by atoms with Crippen LogP contribution in [-0.2, 0) is 39.8 Å². The number of nitrogens with zero attached hydrogens (tertiary/aromatic N) is 1. The molecular formula is C19H19NO3Y. The third-order valence-corrected chi connectivity index (χ3v) is 3.86. The summed E-state index contributed by atoms with van der Waals surface area (Å²) in [5.41, 5.74) is 3.14. The average molecular weight is 398 g/mol. The normalized spacial score (nSPS) is 10.8. The summed E-state index contributed by atoms with van der Waals surface area (Å²) in [5, 5.41) is 11.2. The second kappa shape index (κ2) is 7.86. The van der Waals surface area contributed by atoms with Gasteiger partial charge in [0.15, 0.2) is 11.5 Å². The maximum atomic E-state index is 10.0. The molecule has 3 rings (SSSR count). The van der Waals surface area contributed by atoms with E-state index in [1.807, 2.05) is 31.5 Å². The summed E-state index contributed by atoms with van der Waals surface area (Å²) in [6.07, 6.45) is 5.99. The fraction of sp³-hybridized carbons (Fsp3) is 0.158. The number of phenols is 1. The van der Waals surface area contributed by atoms with Crippen LogP contribution < -0.4 is 9.47 Å². The minimum Gasteiger partial charge on any atom is -0.504 e. The molecule has 0 fully saturated rings. The van der Waals surface area contributed by atoms with Gasteiger partial charge in [-0.05, 0) is 41.5 Å². The largest absolute Gasteiger partial charge is 0.504 e. The van der Waals surface area contributed by atoms with Crippen LogP contribution in [0.3, 0.4) is 0 Å². The minimum atomic E-state index is 0. The number of fused-ring (bicyclic) bond motifs is 1. The van der Waals surface area contributed by atoms with Crippen LogP contribution in [0, 0.1) is 0 Å². The van der Waals surface area contributed by atoms with Gasteiger partial charge in [0.25, 0.3) is 0 Å². The molecule has 0 saturated carbocycles. The minimum absolute atomic E-state index is 0. The number of hydrogen-bond acceptors (Lipinski definition) is 3. The molecule has 24 heavy (non-hydrogen) atoms. The monoisotopic (exact) mass is 398 g/mol. The molecule has 121 valence electrons. The number of hydrogen-bond donors (Lipinski definition) is 1. The average Bonchev–Trinajstić information content (AvgIpc) is 2.93. The summed E-state index contributed by atoms with van der Waals surface area (Å²) in [4.78, 5) is 0. The Labute approximate surface area is 166 Å². The fourth-order valence-electron chi connectivity index (χ4n) is 2.66. The Hall–Kier alpha value is -1.78. The van der Waals surface area contributed by atoms with Crippen LogP contribution in [0.2, 0.25) is 0 Å². The molecule has 1 aromatic heterocycles. The van der Waals surface area contributed by atoms with Gasteiger partial charge in [0.05, 0.1) is 14.2 Å². The van der Waals surface area contributed by atoms with E-state index in [2.05, 4.69) is 28.8 Å². The molecule has 0 atom stereocenters. The van der Waals surface area contributed by atoms with Gasteiger partial charge in [0.2, 0.25) is 5.75 Å². The predicted molar refractivity (Wildman–Crippen MR) is 93.1 cm³/mol. The number of aromatic nitrogens is 1. The molecule has 0 aliphatic rings. The smallest absolute Gasteiger partial charge is 0.203 e. The predicted octanol–water partition coefficient (Wildman–Crippen LogP) is 4.07. The zero-order chi connectivity index (χ0) is 16.4. The first-order valence-electron chi connectivity index (χ1n) is 7.30. The van der Waals surface area contributed by atoms with Gasteiger partial charge in [-0.3, -0.25) is 0 Å². The fourth-order valence-corrected chi connectivity index (χ4v) is 2.66. The summed E-state index contributed by atoms with van der Waals surface area (Å²) in [7, 11) is 5.08. The summed E-state index contributed by atoms with van der Waals surface area (Å²) in [6, 6.07) is 11.9. The maximum Gasteiger partial charge on any atom is 0.203 e. The van der Waals surface area contributed by atoms with Gasteiger partial charge in [0, 0.05) is 56.9 Å². The first-order valence-corrected chi connectivity index (χ1v) is 7.30. The van der Waals surface area contributed by atoms with Gasteiger partial charge >= 0.3 is 0 Å². The molecule has 2 aromatic carbocycles. The molecule has 5 heteroatoms. The molecule has 4 nitrogen and oxygen atoms in total. The van der Waals surface area contributed by atoms with Crippen molar-refractivity contribution in [3.8, 4) is 17.2 Å². The van der Waals surface area contributed by atoms with Gasteiger partial charge in [-0.1, -0.05) is 18.2 Å². The standard InChI is InChI=1S/C19H19NO3.Y/c1-20-9-8-15-10-13(6-7-16(15)20)4-5-14-11-17(21)19(23-3)18(12-14)22-2;/h4-12,21H,1-3H3;/b5-4-;. The van der Waals surface area contributed by atoms with Crippen molar-refractivity contribution in [1.29, 1.82) is 0 Å². The van der Waals surface area contributed by atoms with E-state index in [0.717, 1.165) is 11.1 Å². The van der Waals surface area contributed by atoms with Gasteiger partial charge in [0.1, 0.15) is 0 Å². The number of aryl methyl sites for hydroxylation is 1. The SMILES string of the molecule is COc1cc(/C=C\c2ccc3c(ccn3C)c2)cc(O)c1OC.[Y]. The van der Waals surface area contributed by atoms with Crippen molar-refractivity contribution in [3.63, 3.8) is 0 Å². The Morgan fingerprint density at radius 2 is 1.71 bits per heavy atom. The Morgan fingerprint density at radius 1 is 0.958 bits per heavy atom. The van der Waals surface area contributed by atoms with E-state index in [9.17, 15) is 5.11 Å². The third kappa shape index (κ3) is 3.65. The van der Waals surface area contributed by atoms with Crippen molar-refractivity contribution in [1.82, 2.24) is 4.57 Å². The zero-order valence-corrected chi connectivity index (χ0v) is 16.8. The quantitative estimate of drug-likeness (QED) is 0.674. The van der Waals surface area contributed by atoms with E-state index in [-0.39, 0.29) is 38.5 Å². The van der Waals surface area contributed by atoms with E-state index in [1.165, 1.54) is 18.0 Å². The molecule has 1 N–H and O–H groups in total. The zero-order valence-electron chi connectivity index (χ0n) is 14.0. The molecule has 1 radical (unpaired) electrons. The van der Waals surface area contributed by atoms with Crippen molar-refractivity contribution in [2.45, 2.75) is 0 Å².